The average Bonchev–Trinajstić information content (AvgIpc) is 2.37. The molecule has 0 saturated carbocycles. The van der Waals surface area contributed by atoms with Crippen molar-refractivity contribution < 1.29 is 0 Å². The van der Waals surface area contributed by atoms with Gasteiger partial charge in [0.05, 0.1) is 5.69 Å². The Morgan fingerprint density at radius 1 is 1.50 bits per heavy atom. The van der Waals surface area contributed by atoms with E-state index in [0.717, 1.165) is 13.0 Å². The normalized spacial score (nSPS) is 14.4. The fraction of sp³-hybridized carbons (Fsp3) is 0.300. The minimum absolute atomic E-state index is 0.949. The van der Waals surface area contributed by atoms with Crippen molar-refractivity contribution >= 4 is 6.08 Å². The lowest BCUT2D eigenvalue weighted by molar-refractivity contribution is 0.650. The van der Waals surface area contributed by atoms with Gasteiger partial charge in [-0.3, -0.25) is 4.68 Å². The van der Waals surface area contributed by atoms with Crippen LogP contribution in [0.3, 0.4) is 0 Å². The second-order valence-electron chi connectivity index (χ2n) is 2.88. The molecule has 1 aliphatic carbocycles. The van der Waals surface area contributed by atoms with Gasteiger partial charge < -0.3 is 0 Å². The van der Waals surface area contributed by atoms with Crippen molar-refractivity contribution in [1.82, 2.24) is 9.78 Å². The number of hydrogen-bond acceptors (Lipinski definition) is 1. The predicted octanol–water partition coefficient (Wildman–Crippen LogP) is 2.03. The number of nitrogens with zero attached hydrogens (tertiary/aromatic N) is 2. The quantitative estimate of drug-likeness (QED) is 0.614. The molecule has 0 saturated heterocycles. The molecule has 12 heavy (non-hydrogen) atoms. The zero-order valence-electron chi connectivity index (χ0n) is 7.20. The lowest BCUT2D eigenvalue weighted by atomic mass is 10.2. The van der Waals surface area contributed by atoms with E-state index < -0.39 is 0 Å². The lowest BCUT2D eigenvalue weighted by Crippen LogP contribution is -1.94. The van der Waals surface area contributed by atoms with E-state index in [0.29, 0.717) is 0 Å². The second-order valence-corrected chi connectivity index (χ2v) is 2.88. The first-order chi connectivity index (χ1) is 5.90. The molecule has 0 fully saturated rings. The second kappa shape index (κ2) is 2.97. The third kappa shape index (κ3) is 1.20. The highest BCUT2D eigenvalue weighted by Crippen LogP contribution is 2.13. The zero-order chi connectivity index (χ0) is 8.39. The van der Waals surface area contributed by atoms with Gasteiger partial charge in [0.2, 0.25) is 0 Å². The predicted molar refractivity (Wildman–Crippen MR) is 49.8 cm³/mol. The van der Waals surface area contributed by atoms with Crippen LogP contribution in [0.1, 0.15) is 18.2 Å². The minimum Gasteiger partial charge on any atom is -0.272 e. The molecule has 0 atom stereocenters. The number of hydrogen-bond donors (Lipinski definition) is 0. The molecule has 0 N–H and O–H groups in total. The van der Waals surface area contributed by atoms with Crippen molar-refractivity contribution in [3.63, 3.8) is 0 Å². The van der Waals surface area contributed by atoms with E-state index in [4.69, 9.17) is 0 Å². The molecule has 1 aliphatic rings. The van der Waals surface area contributed by atoms with Crippen LogP contribution >= 0.6 is 0 Å². The summed E-state index contributed by atoms with van der Waals surface area (Å²) in [5.41, 5.74) is 2.43. The molecule has 0 bridgehead atoms. The molecule has 0 radical (unpaired) electrons. The molecule has 0 spiro atoms. The van der Waals surface area contributed by atoms with Gasteiger partial charge in [-0.15, -0.1) is 0 Å². The largest absolute Gasteiger partial charge is 0.272 e. The van der Waals surface area contributed by atoms with Crippen molar-refractivity contribution in [2.75, 3.05) is 0 Å². The van der Waals surface area contributed by atoms with E-state index in [1.165, 1.54) is 11.3 Å². The van der Waals surface area contributed by atoms with E-state index in [2.05, 4.69) is 42.5 Å². The van der Waals surface area contributed by atoms with Crippen LogP contribution in [0, 0.1) is 0 Å². The summed E-state index contributed by atoms with van der Waals surface area (Å²) in [7, 11) is 0. The van der Waals surface area contributed by atoms with Crippen LogP contribution in [0.25, 0.3) is 6.08 Å². The van der Waals surface area contributed by atoms with E-state index in [-0.39, 0.29) is 0 Å². The Morgan fingerprint density at radius 2 is 2.42 bits per heavy atom. The van der Waals surface area contributed by atoms with E-state index in [1.807, 2.05) is 4.68 Å². The third-order valence-corrected chi connectivity index (χ3v) is 2.03. The highest BCUT2D eigenvalue weighted by atomic mass is 15.3. The summed E-state index contributed by atoms with van der Waals surface area (Å²) in [6, 6.07) is 0. The van der Waals surface area contributed by atoms with Gasteiger partial charge >= 0.3 is 0 Å². The van der Waals surface area contributed by atoms with Crippen LogP contribution in [0.4, 0.5) is 0 Å². The fourth-order valence-corrected chi connectivity index (χ4v) is 1.35. The number of aromatic nitrogens is 2. The Labute approximate surface area is 72.2 Å². The summed E-state index contributed by atoms with van der Waals surface area (Å²) in [6.07, 6.45) is 11.4. The first-order valence-electron chi connectivity index (χ1n) is 4.29. The van der Waals surface area contributed by atoms with Crippen LogP contribution < -0.4 is 0 Å². The van der Waals surface area contributed by atoms with Crippen molar-refractivity contribution in [1.29, 1.82) is 0 Å². The van der Waals surface area contributed by atoms with Crippen molar-refractivity contribution in [3.8, 4) is 0 Å². The van der Waals surface area contributed by atoms with Gasteiger partial charge in [-0.1, -0.05) is 24.3 Å². The van der Waals surface area contributed by atoms with Crippen LogP contribution in [0.2, 0.25) is 0 Å². The highest BCUT2D eigenvalue weighted by Gasteiger charge is 2.04. The molecule has 0 aromatic carbocycles. The van der Waals surface area contributed by atoms with Gasteiger partial charge in [0, 0.05) is 24.7 Å². The van der Waals surface area contributed by atoms with Gasteiger partial charge in [-0.25, -0.2) is 0 Å². The van der Waals surface area contributed by atoms with E-state index in [1.54, 1.807) is 0 Å². The van der Waals surface area contributed by atoms with Crippen molar-refractivity contribution in [2.24, 2.45) is 0 Å². The number of fused-ring (bicyclic) bond motifs is 1. The molecule has 2 nitrogen and oxygen atoms in total. The summed E-state index contributed by atoms with van der Waals surface area (Å²) >= 11 is 0. The highest BCUT2D eigenvalue weighted by molar-refractivity contribution is 5.54. The Bertz CT molecular complexity index is 332. The molecular weight excluding hydrogens is 148 g/mol. The van der Waals surface area contributed by atoms with Crippen LogP contribution in [0.5, 0.6) is 0 Å². The van der Waals surface area contributed by atoms with E-state index >= 15 is 0 Å². The summed E-state index contributed by atoms with van der Waals surface area (Å²) < 4.78 is 1.98. The molecule has 0 amide bonds. The third-order valence-electron chi connectivity index (χ3n) is 2.03. The van der Waals surface area contributed by atoms with Crippen molar-refractivity contribution in [2.45, 2.75) is 19.9 Å². The number of rotatable bonds is 1. The maximum absolute atomic E-state index is 4.44. The Morgan fingerprint density at radius 3 is 3.25 bits per heavy atom. The molecule has 0 unspecified atom stereocenters. The maximum atomic E-state index is 4.44. The lowest BCUT2D eigenvalue weighted by Gasteiger charge is -1.91. The van der Waals surface area contributed by atoms with Crippen LogP contribution in [-0.2, 0) is 13.0 Å². The summed E-state index contributed by atoms with van der Waals surface area (Å²) in [6.45, 7) is 3.05. The topological polar surface area (TPSA) is 17.8 Å². The zero-order valence-corrected chi connectivity index (χ0v) is 7.20. The van der Waals surface area contributed by atoms with Crippen molar-refractivity contribution in [3.05, 3.63) is 35.7 Å². The SMILES string of the molecule is CCn1cc2c(n1)CC=CC=C2. The Balaban J connectivity index is 2.42. The van der Waals surface area contributed by atoms with Gasteiger partial charge in [0.15, 0.2) is 0 Å². The molecular formula is C10H12N2. The van der Waals surface area contributed by atoms with E-state index in [9.17, 15) is 0 Å². The summed E-state index contributed by atoms with van der Waals surface area (Å²) in [5, 5.41) is 4.44. The van der Waals surface area contributed by atoms with Gasteiger partial charge in [0.25, 0.3) is 0 Å². The molecule has 2 heteroatoms. The van der Waals surface area contributed by atoms with Gasteiger partial charge in [-0.05, 0) is 6.92 Å². The Hall–Kier alpha value is -1.31. The fourth-order valence-electron chi connectivity index (χ4n) is 1.35. The summed E-state index contributed by atoms with van der Waals surface area (Å²) in [5.74, 6) is 0. The molecule has 1 aromatic heterocycles. The average molecular weight is 160 g/mol. The smallest absolute Gasteiger partial charge is 0.0734 e. The first kappa shape index (κ1) is 7.35. The molecule has 0 aliphatic heterocycles. The number of allylic oxidation sites excluding steroid dienone is 3. The van der Waals surface area contributed by atoms with Crippen LogP contribution in [-0.4, -0.2) is 9.78 Å². The Kier molecular flexibility index (Phi) is 1.82. The van der Waals surface area contributed by atoms with Gasteiger partial charge in [0.1, 0.15) is 0 Å². The molecule has 1 heterocycles. The van der Waals surface area contributed by atoms with Gasteiger partial charge in [-0.2, -0.15) is 5.10 Å². The monoisotopic (exact) mass is 160 g/mol. The summed E-state index contributed by atoms with van der Waals surface area (Å²) in [4.78, 5) is 0. The standard InChI is InChI=1S/C10H12N2/c1-2-12-8-9-6-4-3-5-7-10(9)11-12/h3-6,8H,2,7H2,1H3. The first-order valence-corrected chi connectivity index (χ1v) is 4.29. The molecule has 62 valence electrons. The molecule has 1 aromatic rings. The minimum atomic E-state index is 0.949. The van der Waals surface area contributed by atoms with Crippen LogP contribution in [0.15, 0.2) is 24.4 Å². The maximum Gasteiger partial charge on any atom is 0.0734 e. The number of aryl methyl sites for hydroxylation is 1. The molecule has 2 rings (SSSR count).